The summed E-state index contributed by atoms with van der Waals surface area (Å²) in [5.74, 6) is -1.34. The first-order chi connectivity index (χ1) is 19.6. The number of benzene rings is 3. The van der Waals surface area contributed by atoms with Gasteiger partial charge in [-0.2, -0.15) is 0 Å². The van der Waals surface area contributed by atoms with Gasteiger partial charge in [0.15, 0.2) is 5.78 Å². The molecule has 0 saturated heterocycles. The third kappa shape index (κ3) is 8.80. The fourth-order valence-corrected chi connectivity index (χ4v) is 9.96. The lowest BCUT2D eigenvalue weighted by molar-refractivity contribution is -0.130. The number of unbranched alkanes of at least 4 members (excludes halogenated alkanes) is 12. The first kappa shape index (κ1) is 31.6. The summed E-state index contributed by atoms with van der Waals surface area (Å²) in [5.41, 5.74) is 0. The number of hydrogen-bond acceptors (Lipinski definition) is 2. The molecule has 0 aliphatic rings. The summed E-state index contributed by atoms with van der Waals surface area (Å²) in [4.78, 5) is 26.9. The molecule has 0 radical (unpaired) electrons. The molecule has 0 aliphatic carbocycles. The van der Waals surface area contributed by atoms with Crippen LogP contribution in [0.3, 0.4) is 0 Å². The number of hydrogen-bond donors (Lipinski definition) is 1. The molecule has 0 fully saturated rings. The van der Waals surface area contributed by atoms with Gasteiger partial charge in [-0.3, -0.25) is 4.79 Å². The summed E-state index contributed by atoms with van der Waals surface area (Å²) in [6.07, 6.45) is 16.2. The van der Waals surface area contributed by atoms with Crippen LogP contribution in [0.15, 0.2) is 91.0 Å². The van der Waals surface area contributed by atoms with Crippen molar-refractivity contribution in [1.29, 1.82) is 0 Å². The third-order valence-electron chi connectivity index (χ3n) is 7.74. The first-order valence-corrected chi connectivity index (χ1v) is 17.1. The molecule has 1 N–H and O–H groups in total. The molecule has 3 rings (SSSR count). The summed E-state index contributed by atoms with van der Waals surface area (Å²) >= 11 is 0. The Morgan fingerprint density at radius 1 is 0.525 bits per heavy atom. The summed E-state index contributed by atoms with van der Waals surface area (Å²) in [6.45, 7) is -0.637. The lowest BCUT2D eigenvalue weighted by Crippen LogP contribution is -2.37. The molecule has 0 atom stereocenters. The largest absolute Gasteiger partial charge is 0.478 e. The van der Waals surface area contributed by atoms with E-state index in [1.54, 1.807) is 0 Å². The van der Waals surface area contributed by atoms with Crippen LogP contribution in [-0.2, 0) is 9.59 Å². The Balaban J connectivity index is 1.74. The van der Waals surface area contributed by atoms with Crippen LogP contribution in [0.25, 0.3) is 0 Å². The average molecular weight is 559 g/mol. The number of carbonyl (C=O) groups excluding carboxylic acids is 1. The van der Waals surface area contributed by atoms with Gasteiger partial charge in [0.05, 0.1) is 0 Å². The highest BCUT2D eigenvalue weighted by Gasteiger charge is 2.36. The van der Waals surface area contributed by atoms with Crippen LogP contribution < -0.4 is 15.9 Å². The molecule has 3 aromatic rings. The summed E-state index contributed by atoms with van der Waals surface area (Å²) < 4.78 is 0. The molecule has 214 valence electrons. The Morgan fingerprint density at radius 3 is 1.18 bits per heavy atom. The van der Waals surface area contributed by atoms with E-state index in [4.69, 9.17) is 0 Å². The van der Waals surface area contributed by atoms with E-state index in [2.05, 4.69) is 6.92 Å². The van der Waals surface area contributed by atoms with E-state index in [-0.39, 0.29) is 17.5 Å². The van der Waals surface area contributed by atoms with Crippen molar-refractivity contribution in [3.63, 3.8) is 0 Å². The Hall–Kier alpha value is -2.90. The van der Waals surface area contributed by atoms with Crippen LogP contribution in [0.4, 0.5) is 0 Å². The average Bonchev–Trinajstić information content (AvgIpc) is 2.99. The van der Waals surface area contributed by atoms with Crippen molar-refractivity contribution in [3.8, 4) is 0 Å². The molecule has 0 bridgehead atoms. The molecule has 4 heteroatoms. The molecule has 0 heterocycles. The molecule has 0 saturated carbocycles. The number of ketones is 1. The zero-order valence-electron chi connectivity index (χ0n) is 24.3. The number of carbonyl (C=O) groups is 2. The quantitative estimate of drug-likeness (QED) is 0.0915. The second-order valence-corrected chi connectivity index (χ2v) is 14.1. The maximum atomic E-state index is 13.9. The summed E-state index contributed by atoms with van der Waals surface area (Å²) in [7, 11) is 0. The van der Waals surface area contributed by atoms with E-state index in [0.29, 0.717) is 0 Å². The van der Waals surface area contributed by atoms with Crippen LogP contribution in [-0.4, -0.2) is 22.2 Å². The van der Waals surface area contributed by atoms with Crippen molar-refractivity contribution in [2.45, 2.75) is 96.8 Å². The van der Waals surface area contributed by atoms with Crippen molar-refractivity contribution >= 4 is 39.8 Å². The lowest BCUT2D eigenvalue weighted by atomic mass is 10.0. The molecule has 3 nitrogen and oxygen atoms in total. The van der Waals surface area contributed by atoms with Gasteiger partial charge in [0.1, 0.15) is 5.29 Å². The predicted molar refractivity (Wildman–Crippen MR) is 173 cm³/mol. The molecule has 40 heavy (non-hydrogen) atoms. The van der Waals surface area contributed by atoms with E-state index < -0.39 is 12.9 Å². The Kier molecular flexibility index (Phi) is 14.0. The van der Waals surface area contributed by atoms with E-state index in [0.717, 1.165) is 35.2 Å². The van der Waals surface area contributed by atoms with E-state index >= 15 is 0 Å². The monoisotopic (exact) mass is 558 g/mol. The lowest BCUT2D eigenvalue weighted by Gasteiger charge is -2.31. The standard InChI is InChI=1S/C36H47O3P/c1-2-3-4-5-6-7-8-9-10-11-12-13-23-30-34(37)35(36(38)39)40(31-24-17-14-18-25-31,32-26-19-15-20-27-32)33-28-21-16-22-29-33/h14-22,24-29H,2-13,23,30H2,1H3,(H,38,39). The van der Waals surface area contributed by atoms with Gasteiger partial charge in [0.2, 0.25) is 0 Å². The third-order valence-corrected chi connectivity index (χ3v) is 12.1. The van der Waals surface area contributed by atoms with Crippen LogP contribution in [0.5, 0.6) is 0 Å². The summed E-state index contributed by atoms with van der Waals surface area (Å²) in [5, 5.41) is 13.4. The topological polar surface area (TPSA) is 54.4 Å². The molecule has 0 unspecified atom stereocenters. The van der Waals surface area contributed by atoms with Crippen LogP contribution in [0, 0.1) is 0 Å². The Labute approximate surface area is 242 Å². The molecular formula is C36H47O3P. The van der Waals surface area contributed by atoms with Crippen molar-refractivity contribution in [2.75, 3.05) is 0 Å². The zero-order valence-corrected chi connectivity index (χ0v) is 25.2. The van der Waals surface area contributed by atoms with Crippen LogP contribution in [0.2, 0.25) is 0 Å². The van der Waals surface area contributed by atoms with Gasteiger partial charge < -0.3 is 5.11 Å². The van der Waals surface area contributed by atoms with E-state index in [9.17, 15) is 14.7 Å². The Bertz CT molecular complexity index is 1100. The van der Waals surface area contributed by atoms with Crippen LogP contribution in [0.1, 0.15) is 96.8 Å². The number of carboxylic acids is 1. The molecule has 0 spiro atoms. The highest BCUT2D eigenvalue weighted by atomic mass is 31.2. The molecule has 3 aromatic carbocycles. The highest BCUT2D eigenvalue weighted by Crippen LogP contribution is 2.46. The van der Waals surface area contributed by atoms with Gasteiger partial charge in [-0.25, -0.2) is 4.79 Å². The van der Waals surface area contributed by atoms with E-state index in [1.165, 1.54) is 64.2 Å². The molecule has 0 aromatic heterocycles. The number of Topliss-reactive ketones (excluding diaryl/α,β-unsaturated/α-hetero) is 1. The van der Waals surface area contributed by atoms with Gasteiger partial charge in [0, 0.05) is 6.42 Å². The van der Waals surface area contributed by atoms with Crippen LogP contribution >= 0.6 is 6.89 Å². The second-order valence-electron chi connectivity index (χ2n) is 10.7. The van der Waals surface area contributed by atoms with Crippen molar-refractivity contribution in [2.24, 2.45) is 0 Å². The maximum absolute atomic E-state index is 13.9. The molecule has 0 aliphatic heterocycles. The zero-order chi connectivity index (χ0) is 28.5. The predicted octanol–water partition coefficient (Wildman–Crippen LogP) is 8.29. The van der Waals surface area contributed by atoms with Gasteiger partial charge in [0.25, 0.3) is 0 Å². The minimum absolute atomic E-state index is 0.0371. The highest BCUT2D eigenvalue weighted by molar-refractivity contribution is 7.97. The number of aliphatic carboxylic acids is 1. The van der Waals surface area contributed by atoms with Crippen molar-refractivity contribution in [1.82, 2.24) is 0 Å². The molecular weight excluding hydrogens is 511 g/mol. The van der Waals surface area contributed by atoms with Gasteiger partial charge >= 0.3 is 5.97 Å². The summed E-state index contributed by atoms with van der Waals surface area (Å²) in [6, 6.07) is 29.3. The minimum atomic E-state index is -2.89. The smallest absolute Gasteiger partial charge is 0.340 e. The van der Waals surface area contributed by atoms with Gasteiger partial charge in [-0.1, -0.05) is 175 Å². The first-order valence-electron chi connectivity index (χ1n) is 15.3. The Morgan fingerprint density at radius 2 is 0.850 bits per heavy atom. The second kappa shape index (κ2) is 17.7. The maximum Gasteiger partial charge on any atom is 0.340 e. The van der Waals surface area contributed by atoms with Crippen molar-refractivity contribution < 1.29 is 14.7 Å². The fourth-order valence-electron chi connectivity index (χ4n) is 5.66. The number of carboxylic acid groups (broad SMARTS) is 1. The van der Waals surface area contributed by atoms with Gasteiger partial charge in [-0.05, 0) is 29.2 Å². The normalized spacial score (nSPS) is 11.3. The van der Waals surface area contributed by atoms with Gasteiger partial charge in [-0.15, -0.1) is 0 Å². The van der Waals surface area contributed by atoms with E-state index in [1.807, 2.05) is 91.0 Å². The minimum Gasteiger partial charge on any atom is -0.478 e. The van der Waals surface area contributed by atoms with Crippen molar-refractivity contribution in [3.05, 3.63) is 91.0 Å². The SMILES string of the molecule is CCCCCCCCCCCCCCCC(=O)C(C(=O)O)=P(c1ccccc1)(c1ccccc1)c1ccccc1. The number of rotatable bonds is 19. The molecule has 0 amide bonds. The fraction of sp³-hybridized carbons (Fsp3) is 0.417.